The van der Waals surface area contributed by atoms with Crippen LogP contribution in [0.15, 0.2) is 17.3 Å². The van der Waals surface area contributed by atoms with E-state index in [1.54, 1.807) is 0 Å². The maximum absolute atomic E-state index is 5.86. The van der Waals surface area contributed by atoms with E-state index in [4.69, 9.17) is 5.73 Å². The first-order valence-corrected chi connectivity index (χ1v) is 5.04. The Bertz CT molecular complexity index is 214. The van der Waals surface area contributed by atoms with Crippen LogP contribution in [0.25, 0.3) is 0 Å². The predicted octanol–water partition coefficient (Wildman–Crippen LogP) is 1.11. The second kappa shape index (κ2) is 3.92. The number of nitrogens with zero attached hydrogens (tertiary/aromatic N) is 2. The maximum Gasteiger partial charge on any atom is 0.110 e. The van der Waals surface area contributed by atoms with Gasteiger partial charge in [-0.25, -0.2) is 0 Å². The molecule has 3 nitrogen and oxygen atoms in total. The van der Waals surface area contributed by atoms with Crippen LogP contribution in [0.2, 0.25) is 0 Å². The van der Waals surface area contributed by atoms with Gasteiger partial charge in [-0.05, 0) is 31.8 Å². The van der Waals surface area contributed by atoms with Gasteiger partial charge in [0.2, 0.25) is 0 Å². The topological polar surface area (TPSA) is 41.6 Å². The molecule has 0 bridgehead atoms. The van der Waals surface area contributed by atoms with Gasteiger partial charge in [0.05, 0.1) is 0 Å². The van der Waals surface area contributed by atoms with Crippen LogP contribution in [0.5, 0.6) is 0 Å². The quantitative estimate of drug-likeness (QED) is 0.655. The molecule has 1 aliphatic heterocycles. The Morgan fingerprint density at radius 1 is 1.23 bits per heavy atom. The fraction of sp³-hybridized carbons (Fsp3) is 0.700. The summed E-state index contributed by atoms with van der Waals surface area (Å²) in [7, 11) is 0. The molecule has 1 heterocycles. The molecule has 0 atom stereocenters. The molecule has 3 heteroatoms. The first-order valence-electron chi connectivity index (χ1n) is 5.04. The van der Waals surface area contributed by atoms with Crippen LogP contribution in [0.3, 0.4) is 0 Å². The van der Waals surface area contributed by atoms with Crippen molar-refractivity contribution in [1.29, 1.82) is 0 Å². The summed E-state index contributed by atoms with van der Waals surface area (Å²) in [5.41, 5.74) is 5.86. The third-order valence-electron chi connectivity index (χ3n) is 2.92. The highest BCUT2D eigenvalue weighted by molar-refractivity contribution is 5.71. The van der Waals surface area contributed by atoms with Gasteiger partial charge in [-0.1, -0.05) is 0 Å². The molecule has 2 aliphatic rings. The van der Waals surface area contributed by atoms with Crippen LogP contribution in [0, 0.1) is 0 Å². The zero-order valence-electron chi connectivity index (χ0n) is 7.89. The Morgan fingerprint density at radius 2 is 2.00 bits per heavy atom. The van der Waals surface area contributed by atoms with E-state index in [0.717, 1.165) is 6.67 Å². The molecule has 0 unspecified atom stereocenters. The molecule has 1 aliphatic carbocycles. The van der Waals surface area contributed by atoms with E-state index < -0.39 is 0 Å². The van der Waals surface area contributed by atoms with Crippen LogP contribution in [0.4, 0.5) is 0 Å². The molecule has 0 spiro atoms. The van der Waals surface area contributed by atoms with Gasteiger partial charge >= 0.3 is 0 Å². The Balaban J connectivity index is 1.87. The van der Waals surface area contributed by atoms with Gasteiger partial charge in [0.25, 0.3) is 0 Å². The number of hydrogen-bond donors (Lipinski definition) is 1. The summed E-state index contributed by atoms with van der Waals surface area (Å²) in [6.07, 6.45) is 10.8. The summed E-state index contributed by atoms with van der Waals surface area (Å²) in [5.74, 6) is 0. The van der Waals surface area contributed by atoms with Crippen LogP contribution in [-0.4, -0.2) is 29.9 Å². The van der Waals surface area contributed by atoms with Gasteiger partial charge in [-0.15, -0.1) is 0 Å². The summed E-state index contributed by atoms with van der Waals surface area (Å²) in [6.45, 7) is 0.830. The first kappa shape index (κ1) is 8.75. The van der Waals surface area contributed by atoms with Crippen molar-refractivity contribution in [1.82, 2.24) is 4.90 Å². The molecule has 0 radical (unpaired) electrons. The number of nitrogens with two attached hydrogens (primary N) is 1. The van der Waals surface area contributed by atoms with Crippen molar-refractivity contribution in [2.75, 3.05) is 6.67 Å². The van der Waals surface area contributed by atoms with E-state index in [-0.39, 0.29) is 0 Å². The minimum atomic E-state index is 0.438. The van der Waals surface area contributed by atoms with E-state index in [1.165, 1.54) is 25.7 Å². The first-order chi connectivity index (χ1) is 6.36. The zero-order chi connectivity index (χ0) is 9.10. The molecule has 2 rings (SSSR count). The minimum Gasteiger partial charge on any atom is -0.355 e. The van der Waals surface area contributed by atoms with E-state index >= 15 is 0 Å². The van der Waals surface area contributed by atoms with E-state index in [0.29, 0.717) is 12.1 Å². The van der Waals surface area contributed by atoms with Gasteiger partial charge in [-0.2, -0.15) is 0 Å². The molecule has 72 valence electrons. The van der Waals surface area contributed by atoms with Gasteiger partial charge in [-0.3, -0.25) is 4.99 Å². The molecule has 0 saturated heterocycles. The lowest BCUT2D eigenvalue weighted by molar-refractivity contribution is 0.211. The van der Waals surface area contributed by atoms with Crippen molar-refractivity contribution < 1.29 is 0 Å². The van der Waals surface area contributed by atoms with Crippen LogP contribution in [-0.2, 0) is 0 Å². The summed E-state index contributed by atoms with van der Waals surface area (Å²) >= 11 is 0. The molecule has 0 aromatic carbocycles. The fourth-order valence-electron chi connectivity index (χ4n) is 2.07. The summed E-state index contributed by atoms with van der Waals surface area (Å²) < 4.78 is 0. The highest BCUT2D eigenvalue weighted by Crippen LogP contribution is 2.22. The Hall–Kier alpha value is -0.830. The number of hydrogen-bond acceptors (Lipinski definition) is 3. The van der Waals surface area contributed by atoms with Crippen molar-refractivity contribution in [3.8, 4) is 0 Å². The monoisotopic (exact) mass is 179 g/mol. The van der Waals surface area contributed by atoms with Crippen molar-refractivity contribution in [2.24, 2.45) is 10.7 Å². The average molecular weight is 179 g/mol. The van der Waals surface area contributed by atoms with Gasteiger partial charge in [0, 0.05) is 24.5 Å². The molecule has 0 amide bonds. The largest absolute Gasteiger partial charge is 0.355 e. The second-order valence-electron chi connectivity index (χ2n) is 3.90. The average Bonchev–Trinajstić information content (AvgIpc) is 2.20. The smallest absolute Gasteiger partial charge is 0.110 e. The van der Waals surface area contributed by atoms with Gasteiger partial charge < -0.3 is 10.6 Å². The lowest BCUT2D eigenvalue weighted by Gasteiger charge is -2.35. The Kier molecular flexibility index (Phi) is 2.64. The standard InChI is InChI=1S/C10H17N3/c11-9-2-4-10(5-3-9)13-7-1-6-12-8-13/h1,6-7,9-10H,2-5,8,11H2. The predicted molar refractivity (Wildman–Crippen MR) is 54.6 cm³/mol. The second-order valence-corrected chi connectivity index (χ2v) is 3.90. The maximum atomic E-state index is 5.86. The lowest BCUT2D eigenvalue weighted by Crippen LogP contribution is -2.38. The summed E-state index contributed by atoms with van der Waals surface area (Å²) in [6, 6.07) is 1.11. The van der Waals surface area contributed by atoms with Crippen molar-refractivity contribution >= 4 is 6.21 Å². The minimum absolute atomic E-state index is 0.438. The van der Waals surface area contributed by atoms with Crippen molar-refractivity contribution in [2.45, 2.75) is 37.8 Å². The van der Waals surface area contributed by atoms with E-state index in [1.807, 2.05) is 12.3 Å². The highest BCUT2D eigenvalue weighted by Gasteiger charge is 2.22. The molecular formula is C10H17N3. The molecule has 0 aromatic heterocycles. The summed E-state index contributed by atoms with van der Waals surface area (Å²) in [4.78, 5) is 6.56. The molecule has 1 fully saturated rings. The number of aliphatic imine (C=N–C) groups is 1. The van der Waals surface area contributed by atoms with Gasteiger partial charge in [0.1, 0.15) is 6.67 Å². The molecular weight excluding hydrogens is 162 g/mol. The Labute approximate surface area is 79.3 Å². The fourth-order valence-corrected chi connectivity index (χ4v) is 2.07. The summed E-state index contributed by atoms with van der Waals surface area (Å²) in [5, 5.41) is 0. The third-order valence-corrected chi connectivity index (χ3v) is 2.92. The molecule has 1 saturated carbocycles. The molecule has 2 N–H and O–H groups in total. The van der Waals surface area contributed by atoms with E-state index in [2.05, 4.69) is 16.1 Å². The molecule has 13 heavy (non-hydrogen) atoms. The SMILES string of the molecule is NC1CCC(N2C=CC=NC2)CC1. The zero-order valence-corrected chi connectivity index (χ0v) is 7.89. The van der Waals surface area contributed by atoms with Crippen LogP contribution < -0.4 is 5.73 Å². The van der Waals surface area contributed by atoms with Crippen molar-refractivity contribution in [3.05, 3.63) is 12.3 Å². The number of rotatable bonds is 1. The van der Waals surface area contributed by atoms with E-state index in [9.17, 15) is 0 Å². The normalized spacial score (nSPS) is 33.8. The third kappa shape index (κ3) is 2.10. The van der Waals surface area contributed by atoms with Crippen molar-refractivity contribution in [3.63, 3.8) is 0 Å². The Morgan fingerprint density at radius 3 is 2.62 bits per heavy atom. The number of allylic oxidation sites excluding steroid dienone is 1. The van der Waals surface area contributed by atoms with Crippen LogP contribution in [0.1, 0.15) is 25.7 Å². The molecule has 0 aromatic rings. The van der Waals surface area contributed by atoms with Gasteiger partial charge in [0.15, 0.2) is 0 Å². The van der Waals surface area contributed by atoms with Crippen LogP contribution >= 0.6 is 0 Å². The lowest BCUT2D eigenvalue weighted by atomic mass is 9.91. The highest BCUT2D eigenvalue weighted by atomic mass is 15.2.